The van der Waals surface area contributed by atoms with Gasteiger partial charge in [0, 0.05) is 35.1 Å². The van der Waals surface area contributed by atoms with Gasteiger partial charge in [-0.25, -0.2) is 0 Å². The van der Waals surface area contributed by atoms with Gasteiger partial charge in [0.25, 0.3) is 5.91 Å². The van der Waals surface area contributed by atoms with Crippen molar-refractivity contribution in [3.8, 4) is 0 Å². The number of carbonyl (C=O) groups is 3. The summed E-state index contributed by atoms with van der Waals surface area (Å²) in [5, 5.41) is 11.4. The molecule has 0 bridgehead atoms. The smallest absolute Gasteiger partial charge is 0.251 e. The van der Waals surface area contributed by atoms with Crippen LogP contribution in [0, 0.1) is 0 Å². The van der Waals surface area contributed by atoms with Crippen molar-refractivity contribution in [1.82, 2.24) is 5.32 Å². The van der Waals surface area contributed by atoms with E-state index in [0.29, 0.717) is 29.0 Å². The number of benzene rings is 2. The molecular weight excluding hydrogens is 356 g/mol. The van der Waals surface area contributed by atoms with Crippen molar-refractivity contribution < 1.29 is 14.4 Å². The first-order valence-electron chi connectivity index (χ1n) is 9.22. The van der Waals surface area contributed by atoms with Crippen LogP contribution in [0.2, 0.25) is 0 Å². The Balaban J connectivity index is 1.91. The van der Waals surface area contributed by atoms with Crippen LogP contribution in [0.5, 0.6) is 0 Å². The maximum atomic E-state index is 12.2. The lowest BCUT2D eigenvalue weighted by Gasteiger charge is -2.11. The van der Waals surface area contributed by atoms with Crippen LogP contribution in [0.25, 0.3) is 0 Å². The van der Waals surface area contributed by atoms with Gasteiger partial charge >= 0.3 is 0 Å². The molecule has 4 N–H and O–H groups in total. The van der Waals surface area contributed by atoms with E-state index in [-0.39, 0.29) is 30.3 Å². The lowest BCUT2D eigenvalue weighted by Crippen LogP contribution is -2.30. The normalized spacial score (nSPS) is 10.3. The van der Waals surface area contributed by atoms with Gasteiger partial charge in [-0.05, 0) is 50.2 Å². The molecule has 0 unspecified atom stereocenters. The van der Waals surface area contributed by atoms with Crippen molar-refractivity contribution >= 4 is 34.8 Å². The molecule has 28 heavy (non-hydrogen) atoms. The number of rotatable bonds is 8. The summed E-state index contributed by atoms with van der Waals surface area (Å²) in [6, 6.07) is 14.0. The lowest BCUT2D eigenvalue weighted by molar-refractivity contribution is -0.116. The molecule has 0 aliphatic carbocycles. The van der Waals surface area contributed by atoms with Crippen LogP contribution in [-0.2, 0) is 9.59 Å². The second-order valence-corrected chi connectivity index (χ2v) is 6.59. The molecule has 0 aliphatic rings. The Morgan fingerprint density at radius 3 is 2.11 bits per heavy atom. The minimum Gasteiger partial charge on any atom is -0.376 e. The van der Waals surface area contributed by atoms with Crippen molar-refractivity contribution in [3.05, 3.63) is 54.1 Å². The fraction of sp³-hybridized carbons (Fsp3) is 0.286. The number of anilines is 3. The molecule has 0 heterocycles. The summed E-state index contributed by atoms with van der Waals surface area (Å²) in [7, 11) is 0. The van der Waals surface area contributed by atoms with Gasteiger partial charge < -0.3 is 21.3 Å². The fourth-order valence-electron chi connectivity index (χ4n) is 2.43. The van der Waals surface area contributed by atoms with Gasteiger partial charge in [-0.3, -0.25) is 14.4 Å². The highest BCUT2D eigenvalue weighted by Gasteiger charge is 2.08. The van der Waals surface area contributed by atoms with E-state index in [9.17, 15) is 14.4 Å². The number of hydrogen-bond donors (Lipinski definition) is 4. The Hall–Kier alpha value is -3.35. The second-order valence-electron chi connectivity index (χ2n) is 6.59. The predicted octanol–water partition coefficient (Wildman–Crippen LogP) is 3.22. The third-order valence-electron chi connectivity index (χ3n) is 3.75. The Morgan fingerprint density at radius 1 is 0.857 bits per heavy atom. The van der Waals surface area contributed by atoms with Crippen LogP contribution in [0.3, 0.4) is 0 Å². The van der Waals surface area contributed by atoms with Crippen molar-refractivity contribution in [1.29, 1.82) is 0 Å². The van der Waals surface area contributed by atoms with Crippen molar-refractivity contribution in [2.24, 2.45) is 0 Å². The second kappa shape index (κ2) is 10.1. The fourth-order valence-corrected chi connectivity index (χ4v) is 2.43. The SMILES string of the molecule is CCC(=O)Nc1cccc(NC(=O)CNc2cccc(C(=O)NC(C)C)c2)c1. The van der Waals surface area contributed by atoms with Crippen LogP contribution >= 0.6 is 0 Å². The average Bonchev–Trinajstić information content (AvgIpc) is 2.66. The highest BCUT2D eigenvalue weighted by Crippen LogP contribution is 2.16. The van der Waals surface area contributed by atoms with E-state index >= 15 is 0 Å². The van der Waals surface area contributed by atoms with E-state index in [2.05, 4.69) is 21.3 Å². The molecule has 7 nitrogen and oxygen atoms in total. The van der Waals surface area contributed by atoms with Crippen molar-refractivity contribution in [2.75, 3.05) is 22.5 Å². The molecule has 7 heteroatoms. The third kappa shape index (κ3) is 6.75. The zero-order valence-electron chi connectivity index (χ0n) is 16.3. The third-order valence-corrected chi connectivity index (χ3v) is 3.75. The number of hydrogen-bond acceptors (Lipinski definition) is 4. The van der Waals surface area contributed by atoms with Gasteiger partial charge in [0.2, 0.25) is 11.8 Å². The first-order chi connectivity index (χ1) is 13.4. The van der Waals surface area contributed by atoms with Gasteiger partial charge in [-0.2, -0.15) is 0 Å². The molecule has 3 amide bonds. The highest BCUT2D eigenvalue weighted by atomic mass is 16.2. The topological polar surface area (TPSA) is 99.3 Å². The minimum absolute atomic E-state index is 0.0425. The monoisotopic (exact) mass is 382 g/mol. The van der Waals surface area contributed by atoms with E-state index < -0.39 is 0 Å². The maximum absolute atomic E-state index is 12.2. The summed E-state index contributed by atoms with van der Waals surface area (Å²) in [5.41, 5.74) is 2.42. The van der Waals surface area contributed by atoms with Gasteiger partial charge in [-0.1, -0.05) is 19.1 Å². The molecule has 0 aliphatic heterocycles. The Kier molecular flexibility index (Phi) is 7.56. The molecule has 148 valence electrons. The largest absolute Gasteiger partial charge is 0.376 e. The molecule has 2 rings (SSSR count). The van der Waals surface area contributed by atoms with Gasteiger partial charge in [0.1, 0.15) is 0 Å². The number of amides is 3. The minimum atomic E-state index is -0.240. The summed E-state index contributed by atoms with van der Waals surface area (Å²) < 4.78 is 0. The average molecular weight is 382 g/mol. The van der Waals surface area contributed by atoms with E-state index in [1.54, 1.807) is 55.5 Å². The van der Waals surface area contributed by atoms with Crippen molar-refractivity contribution in [2.45, 2.75) is 33.2 Å². The summed E-state index contributed by atoms with van der Waals surface area (Å²) in [6.45, 7) is 5.61. The quantitative estimate of drug-likeness (QED) is 0.563. The summed E-state index contributed by atoms with van der Waals surface area (Å²) >= 11 is 0. The molecule has 0 aromatic heterocycles. The zero-order valence-corrected chi connectivity index (χ0v) is 16.3. The molecule has 0 atom stereocenters. The molecular formula is C21H26N4O3. The first kappa shape index (κ1) is 21.0. The molecule has 0 saturated heterocycles. The predicted molar refractivity (Wildman–Crippen MR) is 112 cm³/mol. The summed E-state index contributed by atoms with van der Waals surface area (Å²) in [6.07, 6.45) is 0.384. The number of nitrogens with one attached hydrogen (secondary N) is 4. The standard InChI is InChI=1S/C21H26N4O3/c1-4-19(26)24-17-9-6-10-18(12-17)25-20(27)13-22-16-8-5-7-15(11-16)21(28)23-14(2)3/h5-12,14,22H,4,13H2,1-3H3,(H,23,28)(H,24,26)(H,25,27). The molecule has 2 aromatic rings. The van der Waals surface area contributed by atoms with Crippen LogP contribution in [0.15, 0.2) is 48.5 Å². The maximum Gasteiger partial charge on any atom is 0.251 e. The lowest BCUT2D eigenvalue weighted by atomic mass is 10.1. The Bertz CT molecular complexity index is 849. The van der Waals surface area contributed by atoms with E-state index in [0.717, 1.165) is 0 Å². The van der Waals surface area contributed by atoms with Gasteiger partial charge in [0.15, 0.2) is 0 Å². The summed E-state index contributed by atoms with van der Waals surface area (Å²) in [4.78, 5) is 35.7. The number of carbonyl (C=O) groups excluding carboxylic acids is 3. The van der Waals surface area contributed by atoms with Crippen molar-refractivity contribution in [3.63, 3.8) is 0 Å². The van der Waals surface area contributed by atoms with Crippen LogP contribution in [0.4, 0.5) is 17.1 Å². The zero-order chi connectivity index (χ0) is 20.5. The molecule has 0 spiro atoms. The van der Waals surface area contributed by atoms with E-state index in [4.69, 9.17) is 0 Å². The Morgan fingerprint density at radius 2 is 1.46 bits per heavy atom. The van der Waals surface area contributed by atoms with Crippen LogP contribution < -0.4 is 21.3 Å². The van der Waals surface area contributed by atoms with Crippen LogP contribution in [0.1, 0.15) is 37.6 Å². The highest BCUT2D eigenvalue weighted by molar-refractivity contribution is 5.97. The van der Waals surface area contributed by atoms with Gasteiger partial charge in [-0.15, -0.1) is 0 Å². The van der Waals surface area contributed by atoms with Crippen LogP contribution in [-0.4, -0.2) is 30.3 Å². The van der Waals surface area contributed by atoms with E-state index in [1.807, 2.05) is 13.8 Å². The first-order valence-corrected chi connectivity index (χ1v) is 9.22. The molecule has 0 radical (unpaired) electrons. The molecule has 0 fully saturated rings. The van der Waals surface area contributed by atoms with Gasteiger partial charge in [0.05, 0.1) is 6.54 Å². The summed E-state index contributed by atoms with van der Waals surface area (Å²) in [5.74, 6) is -0.489. The molecule has 0 saturated carbocycles. The van der Waals surface area contributed by atoms with E-state index in [1.165, 1.54) is 0 Å². The molecule has 2 aromatic carbocycles. The Labute approximate surface area is 164 Å².